The summed E-state index contributed by atoms with van der Waals surface area (Å²) in [4.78, 5) is 14.3. The van der Waals surface area contributed by atoms with Gasteiger partial charge in [-0.15, -0.1) is 11.8 Å². The molecule has 8 heteroatoms. The molecule has 1 N–H and O–H groups in total. The number of aryl methyl sites for hydroxylation is 2. The van der Waals surface area contributed by atoms with Crippen molar-refractivity contribution in [1.29, 1.82) is 0 Å². The minimum Gasteiger partial charge on any atom is -0.496 e. The fourth-order valence-corrected chi connectivity index (χ4v) is 5.64. The summed E-state index contributed by atoms with van der Waals surface area (Å²) in [5, 5.41) is 3.01. The lowest BCUT2D eigenvalue weighted by Crippen LogP contribution is -2.42. The molecule has 0 saturated carbocycles. The summed E-state index contributed by atoms with van der Waals surface area (Å²) >= 11 is 1.54. The fourth-order valence-electron chi connectivity index (χ4n) is 3.81. The van der Waals surface area contributed by atoms with Crippen molar-refractivity contribution in [2.45, 2.75) is 43.0 Å². The Kier molecular flexibility index (Phi) is 8.86. The summed E-state index contributed by atoms with van der Waals surface area (Å²) in [5.41, 5.74) is 3.35. The highest BCUT2D eigenvalue weighted by Crippen LogP contribution is 2.27. The smallest absolute Gasteiger partial charge is 0.264 e. The average Bonchev–Trinajstić information content (AvgIpc) is 2.86. The number of hydrogen-bond donors (Lipinski definition) is 1. The molecule has 0 aromatic heterocycles. The number of sulfonamides is 1. The zero-order valence-electron chi connectivity index (χ0n) is 20.7. The lowest BCUT2D eigenvalue weighted by atomic mass is 10.0. The van der Waals surface area contributed by atoms with Crippen molar-refractivity contribution in [3.8, 4) is 5.75 Å². The van der Waals surface area contributed by atoms with Crippen molar-refractivity contribution in [2.75, 3.05) is 24.2 Å². The SMILES string of the molecule is CC[C@@H](NC(=O)CN(c1ccc(C)cc1)S(=O)(=O)c1ccc(SC)cc1)c1ccc(OC)c(C)c1. The van der Waals surface area contributed by atoms with Crippen molar-refractivity contribution in [2.24, 2.45) is 0 Å². The minimum absolute atomic E-state index is 0.140. The van der Waals surface area contributed by atoms with E-state index < -0.39 is 10.0 Å². The molecule has 0 saturated heterocycles. The number of thioether (sulfide) groups is 1. The molecule has 0 unspecified atom stereocenters. The third-order valence-electron chi connectivity index (χ3n) is 5.82. The summed E-state index contributed by atoms with van der Waals surface area (Å²) in [6.45, 7) is 5.53. The van der Waals surface area contributed by atoms with Crippen molar-refractivity contribution >= 4 is 33.4 Å². The molecular weight excluding hydrogens is 480 g/mol. The third kappa shape index (κ3) is 6.38. The molecule has 0 aliphatic carbocycles. The van der Waals surface area contributed by atoms with Crippen LogP contribution < -0.4 is 14.4 Å². The molecule has 3 rings (SSSR count). The highest BCUT2D eigenvalue weighted by Gasteiger charge is 2.28. The third-order valence-corrected chi connectivity index (χ3v) is 8.35. The zero-order chi connectivity index (χ0) is 25.6. The predicted molar refractivity (Wildman–Crippen MR) is 143 cm³/mol. The molecule has 0 radical (unpaired) electrons. The number of benzene rings is 3. The van der Waals surface area contributed by atoms with E-state index in [1.54, 1.807) is 43.5 Å². The molecule has 0 aliphatic rings. The Balaban J connectivity index is 1.90. The first kappa shape index (κ1) is 26.6. The molecule has 0 fully saturated rings. The van der Waals surface area contributed by atoms with E-state index in [0.29, 0.717) is 12.1 Å². The first-order valence-corrected chi connectivity index (χ1v) is 14.0. The van der Waals surface area contributed by atoms with Crippen molar-refractivity contribution in [1.82, 2.24) is 5.32 Å². The second-order valence-electron chi connectivity index (χ2n) is 8.28. The Morgan fingerprint density at radius 2 is 1.69 bits per heavy atom. The topological polar surface area (TPSA) is 75.7 Å². The van der Waals surface area contributed by atoms with Gasteiger partial charge in [-0.05, 0) is 80.1 Å². The van der Waals surface area contributed by atoms with Gasteiger partial charge in [-0.1, -0.05) is 36.8 Å². The molecular formula is C27H32N2O4S2. The molecule has 0 heterocycles. The lowest BCUT2D eigenvalue weighted by Gasteiger charge is -2.26. The molecule has 3 aromatic carbocycles. The van der Waals surface area contributed by atoms with Crippen LogP contribution >= 0.6 is 11.8 Å². The quantitative estimate of drug-likeness (QED) is 0.363. The minimum atomic E-state index is -3.96. The number of amides is 1. The van der Waals surface area contributed by atoms with E-state index in [1.165, 1.54) is 16.1 Å². The monoisotopic (exact) mass is 512 g/mol. The number of anilines is 1. The number of hydrogen-bond acceptors (Lipinski definition) is 5. The molecule has 3 aromatic rings. The highest BCUT2D eigenvalue weighted by molar-refractivity contribution is 7.98. The summed E-state index contributed by atoms with van der Waals surface area (Å²) in [6.07, 6.45) is 2.59. The van der Waals surface area contributed by atoms with Gasteiger partial charge in [0.05, 0.1) is 23.7 Å². The Morgan fingerprint density at radius 3 is 2.23 bits per heavy atom. The second-order valence-corrected chi connectivity index (χ2v) is 11.0. The van der Waals surface area contributed by atoms with Crippen LogP contribution in [0, 0.1) is 13.8 Å². The standard InChI is InChI=1S/C27H32N2O4S2/c1-6-25(21-9-16-26(33-4)20(3)17-21)28-27(30)18-29(22-10-7-19(2)8-11-22)35(31,32)24-14-12-23(34-5)13-15-24/h7-17,25H,6,18H2,1-5H3,(H,28,30)/t25-/m1/s1. The summed E-state index contributed by atoms with van der Waals surface area (Å²) in [6, 6.07) is 19.3. The predicted octanol–water partition coefficient (Wildman–Crippen LogP) is 5.50. The van der Waals surface area contributed by atoms with E-state index in [2.05, 4.69) is 5.32 Å². The normalized spacial score (nSPS) is 12.1. The van der Waals surface area contributed by atoms with Gasteiger partial charge in [0.15, 0.2) is 0 Å². The largest absolute Gasteiger partial charge is 0.496 e. The average molecular weight is 513 g/mol. The van der Waals surface area contributed by atoms with E-state index in [4.69, 9.17) is 4.74 Å². The summed E-state index contributed by atoms with van der Waals surface area (Å²) in [7, 11) is -2.34. The van der Waals surface area contributed by atoms with Crippen LogP contribution in [0.25, 0.3) is 0 Å². The number of ether oxygens (including phenoxy) is 1. The van der Waals surface area contributed by atoms with Crippen LogP contribution in [0.15, 0.2) is 76.5 Å². The van der Waals surface area contributed by atoms with Gasteiger partial charge in [0.2, 0.25) is 5.91 Å². The van der Waals surface area contributed by atoms with Gasteiger partial charge in [0.1, 0.15) is 12.3 Å². The van der Waals surface area contributed by atoms with E-state index in [9.17, 15) is 13.2 Å². The molecule has 1 amide bonds. The number of carbonyl (C=O) groups excluding carboxylic acids is 1. The zero-order valence-corrected chi connectivity index (χ0v) is 22.4. The van der Waals surface area contributed by atoms with Crippen molar-refractivity contribution < 1.29 is 17.9 Å². The Hall–Kier alpha value is -2.97. The van der Waals surface area contributed by atoms with Crippen LogP contribution in [0.4, 0.5) is 5.69 Å². The molecule has 0 spiro atoms. The van der Waals surface area contributed by atoms with Gasteiger partial charge >= 0.3 is 0 Å². The Bertz CT molecular complexity index is 1260. The molecule has 6 nitrogen and oxygen atoms in total. The second kappa shape index (κ2) is 11.6. The molecule has 0 aliphatic heterocycles. The summed E-state index contributed by atoms with van der Waals surface area (Å²) < 4.78 is 33.7. The van der Waals surface area contributed by atoms with Crippen LogP contribution in [0.3, 0.4) is 0 Å². The lowest BCUT2D eigenvalue weighted by molar-refractivity contribution is -0.120. The maximum Gasteiger partial charge on any atom is 0.264 e. The van der Waals surface area contributed by atoms with Crippen LogP contribution in [0.2, 0.25) is 0 Å². The number of carbonyl (C=O) groups is 1. The molecule has 1 atom stereocenters. The molecule has 186 valence electrons. The fraction of sp³-hybridized carbons (Fsp3) is 0.296. The van der Waals surface area contributed by atoms with Crippen molar-refractivity contribution in [3.05, 3.63) is 83.4 Å². The molecule has 0 bridgehead atoms. The van der Waals surface area contributed by atoms with Crippen LogP contribution in [0.5, 0.6) is 5.75 Å². The first-order chi connectivity index (χ1) is 16.7. The maximum atomic E-state index is 13.6. The van der Waals surface area contributed by atoms with Crippen LogP contribution in [-0.4, -0.2) is 34.2 Å². The first-order valence-electron chi connectivity index (χ1n) is 11.4. The van der Waals surface area contributed by atoms with Crippen LogP contribution in [-0.2, 0) is 14.8 Å². The van der Waals surface area contributed by atoms with Gasteiger partial charge in [0.25, 0.3) is 10.0 Å². The number of rotatable bonds is 10. The van der Waals surface area contributed by atoms with Crippen LogP contribution in [0.1, 0.15) is 36.1 Å². The van der Waals surface area contributed by atoms with Gasteiger partial charge in [-0.25, -0.2) is 8.42 Å². The van der Waals surface area contributed by atoms with Gasteiger partial charge in [-0.3, -0.25) is 9.10 Å². The van der Waals surface area contributed by atoms with Gasteiger partial charge in [-0.2, -0.15) is 0 Å². The number of nitrogens with zero attached hydrogens (tertiary/aromatic N) is 1. The van der Waals surface area contributed by atoms with E-state index >= 15 is 0 Å². The summed E-state index contributed by atoms with van der Waals surface area (Å²) in [5.74, 6) is 0.397. The number of methoxy groups -OCH3 is 1. The van der Waals surface area contributed by atoms with E-state index in [1.807, 2.05) is 57.4 Å². The number of nitrogens with one attached hydrogen (secondary N) is 1. The Morgan fingerprint density at radius 1 is 1.03 bits per heavy atom. The molecule has 35 heavy (non-hydrogen) atoms. The van der Waals surface area contributed by atoms with E-state index in [-0.39, 0.29) is 23.4 Å². The van der Waals surface area contributed by atoms with Gasteiger partial charge in [0, 0.05) is 4.90 Å². The van der Waals surface area contributed by atoms with Crippen molar-refractivity contribution in [3.63, 3.8) is 0 Å². The highest BCUT2D eigenvalue weighted by atomic mass is 32.2. The van der Waals surface area contributed by atoms with Gasteiger partial charge < -0.3 is 10.1 Å². The maximum absolute atomic E-state index is 13.6. The Labute approximate surface area is 212 Å². The van der Waals surface area contributed by atoms with E-state index in [0.717, 1.165) is 27.3 Å².